The first-order valence-corrected chi connectivity index (χ1v) is 8.67. The molecule has 0 bridgehead atoms. The predicted molar refractivity (Wildman–Crippen MR) is 103 cm³/mol. The van der Waals surface area contributed by atoms with E-state index in [1.165, 1.54) is 24.3 Å². The Balaban J connectivity index is 1.80. The molecule has 2 aromatic carbocycles. The topological polar surface area (TPSA) is 92.6 Å². The monoisotopic (exact) mass is 367 g/mol. The fraction of sp³-hybridized carbons (Fsp3) is 0.300. The number of benzene rings is 2. The molecule has 140 valence electrons. The molecule has 0 atom stereocenters. The lowest BCUT2D eigenvalue weighted by atomic mass is 9.94. The van der Waals surface area contributed by atoms with Crippen LogP contribution in [-0.2, 0) is 11.2 Å². The zero-order valence-corrected chi connectivity index (χ0v) is 15.5. The lowest BCUT2D eigenvalue weighted by molar-refractivity contribution is -0.384. The molecule has 1 heterocycles. The highest BCUT2D eigenvalue weighted by molar-refractivity contribution is 6.05. The average Bonchev–Trinajstić information content (AvgIpc) is 3.03. The molecule has 0 radical (unpaired) electrons. The predicted octanol–water partition coefficient (Wildman–Crippen LogP) is 3.78. The summed E-state index contributed by atoms with van der Waals surface area (Å²) in [5.74, 6) is -0.323. The molecule has 7 heteroatoms. The Kier molecular flexibility index (Phi) is 4.70. The summed E-state index contributed by atoms with van der Waals surface area (Å²) < 4.78 is 0. The number of carbonyl (C=O) groups is 2. The third-order valence-electron chi connectivity index (χ3n) is 4.47. The zero-order valence-electron chi connectivity index (χ0n) is 15.5. The summed E-state index contributed by atoms with van der Waals surface area (Å²) in [6, 6.07) is 10.9. The maximum Gasteiger partial charge on any atom is 0.269 e. The largest absolute Gasteiger partial charge is 0.322 e. The van der Waals surface area contributed by atoms with Gasteiger partial charge in [-0.25, -0.2) is 0 Å². The Morgan fingerprint density at radius 1 is 1.11 bits per heavy atom. The Morgan fingerprint density at radius 3 is 2.37 bits per heavy atom. The van der Waals surface area contributed by atoms with Crippen molar-refractivity contribution < 1.29 is 14.5 Å². The van der Waals surface area contributed by atoms with Crippen LogP contribution in [0.1, 0.15) is 36.7 Å². The number of nitrogens with zero attached hydrogens (tertiary/aromatic N) is 2. The number of non-ortho nitro benzene ring substituents is 1. The molecule has 0 unspecified atom stereocenters. The molecule has 1 N–H and O–H groups in total. The maximum absolute atomic E-state index is 12.7. The number of hydrogen-bond acceptors (Lipinski definition) is 4. The Morgan fingerprint density at radius 2 is 1.78 bits per heavy atom. The van der Waals surface area contributed by atoms with Gasteiger partial charge in [-0.2, -0.15) is 0 Å². The number of nitro groups is 1. The smallest absolute Gasteiger partial charge is 0.269 e. The number of rotatable bonds is 3. The van der Waals surface area contributed by atoms with Crippen LogP contribution >= 0.6 is 0 Å². The van der Waals surface area contributed by atoms with E-state index in [9.17, 15) is 19.7 Å². The Hall–Kier alpha value is -3.22. The van der Waals surface area contributed by atoms with Crippen molar-refractivity contribution in [1.82, 2.24) is 0 Å². The molecule has 0 saturated carbocycles. The molecular formula is C20H21N3O4. The molecule has 27 heavy (non-hydrogen) atoms. The molecule has 0 aliphatic carbocycles. The molecule has 0 saturated heterocycles. The van der Waals surface area contributed by atoms with Crippen molar-refractivity contribution in [3.8, 4) is 0 Å². The van der Waals surface area contributed by atoms with Crippen molar-refractivity contribution >= 4 is 28.9 Å². The van der Waals surface area contributed by atoms with Crippen LogP contribution < -0.4 is 10.2 Å². The summed E-state index contributed by atoms with van der Waals surface area (Å²) in [4.78, 5) is 37.0. The van der Waals surface area contributed by atoms with Crippen LogP contribution in [0.3, 0.4) is 0 Å². The Bertz CT molecular complexity index is 914. The normalized spacial score (nSPS) is 13.2. The van der Waals surface area contributed by atoms with Crippen molar-refractivity contribution in [1.29, 1.82) is 0 Å². The second-order valence-corrected chi connectivity index (χ2v) is 7.56. The van der Waals surface area contributed by atoms with Gasteiger partial charge < -0.3 is 10.2 Å². The molecule has 2 aromatic rings. The summed E-state index contributed by atoms with van der Waals surface area (Å²) in [6.45, 7) is 6.28. The van der Waals surface area contributed by atoms with Crippen molar-refractivity contribution in [2.24, 2.45) is 5.41 Å². The first-order valence-electron chi connectivity index (χ1n) is 8.67. The summed E-state index contributed by atoms with van der Waals surface area (Å²) in [6.07, 6.45) is 0.785. The van der Waals surface area contributed by atoms with E-state index in [1.54, 1.807) is 17.0 Å². The number of fused-ring (bicyclic) bond motifs is 1. The van der Waals surface area contributed by atoms with Gasteiger partial charge in [0.05, 0.1) is 4.92 Å². The Labute approximate surface area is 157 Å². The highest BCUT2D eigenvalue weighted by Gasteiger charge is 2.32. The number of anilines is 2. The van der Waals surface area contributed by atoms with E-state index < -0.39 is 10.3 Å². The van der Waals surface area contributed by atoms with Crippen molar-refractivity contribution in [2.75, 3.05) is 16.8 Å². The first kappa shape index (κ1) is 18.6. The standard InChI is InChI=1S/C20H21N3O4/c1-20(2,3)19(25)22-11-10-13-4-7-15(12-17(13)22)21-18(24)14-5-8-16(9-6-14)23(26)27/h4-9,12H,10-11H2,1-3H3,(H,21,24). The van der Waals surface area contributed by atoms with Gasteiger partial charge >= 0.3 is 0 Å². The van der Waals surface area contributed by atoms with Gasteiger partial charge in [0.2, 0.25) is 5.91 Å². The molecule has 0 aromatic heterocycles. The first-order chi connectivity index (χ1) is 12.7. The number of hydrogen-bond donors (Lipinski definition) is 1. The van der Waals surface area contributed by atoms with Gasteiger partial charge in [-0.15, -0.1) is 0 Å². The fourth-order valence-electron chi connectivity index (χ4n) is 3.01. The number of amides is 2. The van der Waals surface area contributed by atoms with E-state index in [-0.39, 0.29) is 17.5 Å². The molecule has 1 aliphatic rings. The maximum atomic E-state index is 12.7. The van der Waals surface area contributed by atoms with Crippen LogP contribution in [0.5, 0.6) is 0 Å². The third-order valence-corrected chi connectivity index (χ3v) is 4.47. The zero-order chi connectivity index (χ0) is 19.8. The summed E-state index contributed by atoms with van der Waals surface area (Å²) in [5.41, 5.74) is 2.23. The third kappa shape index (κ3) is 3.81. The van der Waals surface area contributed by atoms with Gasteiger partial charge in [0.1, 0.15) is 0 Å². The number of nitro benzene ring substituents is 1. The van der Waals surface area contributed by atoms with E-state index in [1.807, 2.05) is 26.8 Å². The van der Waals surface area contributed by atoms with Crippen molar-refractivity contribution in [3.63, 3.8) is 0 Å². The summed E-state index contributed by atoms with van der Waals surface area (Å²) in [7, 11) is 0. The molecule has 7 nitrogen and oxygen atoms in total. The van der Waals surface area contributed by atoms with Crippen LogP contribution in [-0.4, -0.2) is 23.3 Å². The highest BCUT2D eigenvalue weighted by Crippen LogP contribution is 2.34. The van der Waals surface area contributed by atoms with Crippen LogP contribution in [0.15, 0.2) is 42.5 Å². The van der Waals surface area contributed by atoms with E-state index in [4.69, 9.17) is 0 Å². The number of carbonyl (C=O) groups excluding carboxylic acids is 2. The quantitative estimate of drug-likeness (QED) is 0.660. The lowest BCUT2D eigenvalue weighted by Crippen LogP contribution is -2.38. The summed E-state index contributed by atoms with van der Waals surface area (Å²) >= 11 is 0. The highest BCUT2D eigenvalue weighted by atomic mass is 16.6. The molecular weight excluding hydrogens is 346 g/mol. The van der Waals surface area contributed by atoms with Crippen molar-refractivity contribution in [2.45, 2.75) is 27.2 Å². The molecule has 0 fully saturated rings. The SMILES string of the molecule is CC(C)(C)C(=O)N1CCc2ccc(NC(=O)c3ccc([N+](=O)[O-])cc3)cc21. The van der Waals surface area contributed by atoms with Gasteiger partial charge in [0.25, 0.3) is 11.6 Å². The van der Waals surface area contributed by atoms with E-state index in [2.05, 4.69) is 5.32 Å². The second-order valence-electron chi connectivity index (χ2n) is 7.56. The van der Waals surface area contributed by atoms with E-state index >= 15 is 0 Å². The second kappa shape index (κ2) is 6.83. The minimum absolute atomic E-state index is 0.0418. The lowest BCUT2D eigenvalue weighted by Gasteiger charge is -2.26. The van der Waals surface area contributed by atoms with Gasteiger partial charge in [0.15, 0.2) is 0 Å². The minimum Gasteiger partial charge on any atom is -0.322 e. The van der Waals surface area contributed by atoms with Gasteiger partial charge in [-0.3, -0.25) is 19.7 Å². The fourth-order valence-corrected chi connectivity index (χ4v) is 3.01. The van der Waals surface area contributed by atoms with E-state index in [0.29, 0.717) is 17.8 Å². The summed E-state index contributed by atoms with van der Waals surface area (Å²) in [5, 5.41) is 13.5. The van der Waals surface area contributed by atoms with E-state index in [0.717, 1.165) is 17.7 Å². The van der Waals surface area contributed by atoms with Gasteiger partial charge in [-0.1, -0.05) is 26.8 Å². The number of nitrogens with one attached hydrogen (secondary N) is 1. The van der Waals surface area contributed by atoms with Crippen LogP contribution in [0.4, 0.5) is 17.1 Å². The van der Waals surface area contributed by atoms with Crippen LogP contribution in [0.25, 0.3) is 0 Å². The molecule has 3 rings (SSSR count). The molecule has 2 amide bonds. The molecule has 0 spiro atoms. The van der Waals surface area contributed by atoms with Crippen LogP contribution in [0, 0.1) is 15.5 Å². The van der Waals surface area contributed by atoms with Gasteiger partial charge in [0, 0.05) is 41.0 Å². The van der Waals surface area contributed by atoms with Crippen molar-refractivity contribution in [3.05, 3.63) is 63.7 Å². The average molecular weight is 367 g/mol. The minimum atomic E-state index is -0.511. The van der Waals surface area contributed by atoms with Crippen LogP contribution in [0.2, 0.25) is 0 Å². The molecule has 1 aliphatic heterocycles. The van der Waals surface area contributed by atoms with Gasteiger partial charge in [-0.05, 0) is 36.2 Å².